The predicted molar refractivity (Wildman–Crippen MR) is 76.6 cm³/mol. The molecule has 4 N–H and O–H groups in total. The second kappa shape index (κ2) is 6.06. The largest absolute Gasteiger partial charge is 0.504 e. The standard InChI is InChI=1S/C15H17NO4/c1-20-15-8-10(2-4-13(15)18)6-7-16-11-3-5-12(17)14(19)9-11/h2-5,8-9,16-19H,6-7H2,1H3. The van der Waals surface area contributed by atoms with Crippen LogP contribution in [0, 0.1) is 0 Å². The summed E-state index contributed by atoms with van der Waals surface area (Å²) in [4.78, 5) is 0. The Morgan fingerprint density at radius 3 is 2.40 bits per heavy atom. The number of phenolic OH excluding ortho intramolecular Hbond substituents is 3. The van der Waals surface area contributed by atoms with Crippen LogP contribution in [0.15, 0.2) is 36.4 Å². The first kappa shape index (κ1) is 13.9. The van der Waals surface area contributed by atoms with Crippen LogP contribution in [0.25, 0.3) is 0 Å². The number of aromatic hydroxyl groups is 3. The number of rotatable bonds is 5. The number of phenols is 3. The van der Waals surface area contributed by atoms with Gasteiger partial charge >= 0.3 is 0 Å². The summed E-state index contributed by atoms with van der Waals surface area (Å²) in [6.07, 6.45) is 0.734. The predicted octanol–water partition coefficient (Wildman–Crippen LogP) is 2.47. The van der Waals surface area contributed by atoms with Crippen molar-refractivity contribution in [2.75, 3.05) is 19.0 Å². The molecule has 0 unspecified atom stereocenters. The molecule has 5 heteroatoms. The van der Waals surface area contributed by atoms with Gasteiger partial charge in [0.05, 0.1) is 7.11 Å². The van der Waals surface area contributed by atoms with Crippen LogP contribution in [0.4, 0.5) is 5.69 Å². The van der Waals surface area contributed by atoms with Crippen molar-refractivity contribution in [3.05, 3.63) is 42.0 Å². The van der Waals surface area contributed by atoms with Crippen LogP contribution in [-0.2, 0) is 6.42 Å². The lowest BCUT2D eigenvalue weighted by Crippen LogP contribution is -2.04. The molecule has 0 saturated carbocycles. The number of anilines is 1. The van der Waals surface area contributed by atoms with Gasteiger partial charge in [-0.05, 0) is 36.2 Å². The molecule has 20 heavy (non-hydrogen) atoms. The number of methoxy groups -OCH3 is 1. The van der Waals surface area contributed by atoms with Gasteiger partial charge in [-0.15, -0.1) is 0 Å². The van der Waals surface area contributed by atoms with Gasteiger partial charge in [0.2, 0.25) is 0 Å². The first-order valence-corrected chi connectivity index (χ1v) is 6.22. The van der Waals surface area contributed by atoms with E-state index in [1.807, 2.05) is 6.07 Å². The lowest BCUT2D eigenvalue weighted by atomic mass is 10.1. The van der Waals surface area contributed by atoms with Gasteiger partial charge in [-0.25, -0.2) is 0 Å². The fraction of sp³-hybridized carbons (Fsp3) is 0.200. The third-order valence-electron chi connectivity index (χ3n) is 2.96. The van der Waals surface area contributed by atoms with Crippen molar-refractivity contribution in [3.63, 3.8) is 0 Å². The highest BCUT2D eigenvalue weighted by molar-refractivity contribution is 5.53. The monoisotopic (exact) mass is 275 g/mol. The van der Waals surface area contributed by atoms with E-state index in [-0.39, 0.29) is 17.2 Å². The Balaban J connectivity index is 1.94. The van der Waals surface area contributed by atoms with Gasteiger partial charge in [-0.2, -0.15) is 0 Å². The summed E-state index contributed by atoms with van der Waals surface area (Å²) in [7, 11) is 1.51. The molecular weight excluding hydrogens is 258 g/mol. The Morgan fingerprint density at radius 1 is 0.950 bits per heavy atom. The van der Waals surface area contributed by atoms with E-state index < -0.39 is 0 Å². The Hall–Kier alpha value is -2.56. The molecule has 2 aromatic rings. The molecule has 0 radical (unpaired) electrons. The molecule has 2 rings (SSSR count). The molecule has 0 aromatic heterocycles. The van der Waals surface area contributed by atoms with Gasteiger partial charge in [0.15, 0.2) is 23.0 Å². The number of benzene rings is 2. The van der Waals surface area contributed by atoms with E-state index >= 15 is 0 Å². The highest BCUT2D eigenvalue weighted by atomic mass is 16.5. The van der Waals surface area contributed by atoms with Crippen molar-refractivity contribution in [1.29, 1.82) is 0 Å². The second-order valence-corrected chi connectivity index (χ2v) is 4.39. The van der Waals surface area contributed by atoms with Crippen molar-refractivity contribution in [2.45, 2.75) is 6.42 Å². The van der Waals surface area contributed by atoms with Crippen molar-refractivity contribution in [3.8, 4) is 23.0 Å². The molecule has 0 bridgehead atoms. The molecule has 0 spiro atoms. The molecule has 0 saturated heterocycles. The quantitative estimate of drug-likeness (QED) is 0.498. The van der Waals surface area contributed by atoms with Gasteiger partial charge in [0.25, 0.3) is 0 Å². The van der Waals surface area contributed by atoms with E-state index in [1.165, 1.54) is 19.2 Å². The van der Waals surface area contributed by atoms with Crippen LogP contribution in [-0.4, -0.2) is 29.0 Å². The molecular formula is C15H17NO4. The molecule has 0 aliphatic rings. The minimum absolute atomic E-state index is 0.118. The lowest BCUT2D eigenvalue weighted by molar-refractivity contribution is 0.373. The van der Waals surface area contributed by atoms with Gasteiger partial charge in [-0.3, -0.25) is 0 Å². The molecule has 2 aromatic carbocycles. The topological polar surface area (TPSA) is 82.0 Å². The number of hydrogen-bond donors (Lipinski definition) is 4. The molecule has 5 nitrogen and oxygen atoms in total. The average Bonchev–Trinajstić information content (AvgIpc) is 2.44. The van der Waals surface area contributed by atoms with Crippen molar-refractivity contribution in [2.24, 2.45) is 0 Å². The van der Waals surface area contributed by atoms with Gasteiger partial charge in [-0.1, -0.05) is 6.07 Å². The zero-order valence-electron chi connectivity index (χ0n) is 11.1. The minimum atomic E-state index is -0.152. The first-order valence-electron chi connectivity index (χ1n) is 6.22. The third-order valence-corrected chi connectivity index (χ3v) is 2.96. The van der Waals surface area contributed by atoms with E-state index in [1.54, 1.807) is 18.2 Å². The second-order valence-electron chi connectivity index (χ2n) is 4.39. The molecule has 0 aliphatic carbocycles. The molecule has 0 atom stereocenters. The summed E-state index contributed by atoms with van der Waals surface area (Å²) in [5.41, 5.74) is 1.75. The van der Waals surface area contributed by atoms with E-state index in [0.29, 0.717) is 12.3 Å². The number of nitrogens with one attached hydrogen (secondary N) is 1. The van der Waals surface area contributed by atoms with E-state index in [2.05, 4.69) is 5.32 Å². The van der Waals surface area contributed by atoms with Crippen LogP contribution >= 0.6 is 0 Å². The highest BCUT2D eigenvalue weighted by Crippen LogP contribution is 2.28. The fourth-order valence-electron chi connectivity index (χ4n) is 1.86. The molecule has 0 aliphatic heterocycles. The van der Waals surface area contributed by atoms with Gasteiger partial charge in [0.1, 0.15) is 0 Å². The highest BCUT2D eigenvalue weighted by Gasteiger charge is 2.03. The number of ether oxygens (including phenoxy) is 1. The molecule has 0 heterocycles. The zero-order valence-corrected chi connectivity index (χ0v) is 11.1. The third kappa shape index (κ3) is 3.26. The van der Waals surface area contributed by atoms with Crippen LogP contribution in [0.5, 0.6) is 23.0 Å². The summed E-state index contributed by atoms with van der Waals surface area (Å²) in [5.74, 6) is 0.276. The summed E-state index contributed by atoms with van der Waals surface area (Å²) >= 11 is 0. The van der Waals surface area contributed by atoms with Crippen LogP contribution in [0.2, 0.25) is 0 Å². The summed E-state index contributed by atoms with van der Waals surface area (Å²) in [6, 6.07) is 9.79. The Labute approximate surface area is 117 Å². The van der Waals surface area contributed by atoms with Crippen molar-refractivity contribution < 1.29 is 20.1 Å². The lowest BCUT2D eigenvalue weighted by Gasteiger charge is -2.09. The van der Waals surface area contributed by atoms with E-state index in [0.717, 1.165) is 17.7 Å². The fourth-order valence-corrected chi connectivity index (χ4v) is 1.86. The Kier molecular flexibility index (Phi) is 4.20. The van der Waals surface area contributed by atoms with Crippen molar-refractivity contribution >= 4 is 5.69 Å². The normalized spacial score (nSPS) is 10.2. The van der Waals surface area contributed by atoms with E-state index in [9.17, 15) is 15.3 Å². The molecule has 0 fully saturated rings. The van der Waals surface area contributed by atoms with Crippen LogP contribution < -0.4 is 10.1 Å². The Bertz CT molecular complexity index is 598. The maximum absolute atomic E-state index is 9.50. The Morgan fingerprint density at radius 2 is 1.70 bits per heavy atom. The molecule has 106 valence electrons. The van der Waals surface area contributed by atoms with Crippen LogP contribution in [0.1, 0.15) is 5.56 Å². The first-order chi connectivity index (χ1) is 9.60. The van der Waals surface area contributed by atoms with Gasteiger partial charge in [0, 0.05) is 18.3 Å². The van der Waals surface area contributed by atoms with Gasteiger partial charge < -0.3 is 25.4 Å². The summed E-state index contributed by atoms with van der Waals surface area (Å²) in [5, 5.41) is 31.2. The van der Waals surface area contributed by atoms with Crippen molar-refractivity contribution in [1.82, 2.24) is 0 Å². The summed E-state index contributed by atoms with van der Waals surface area (Å²) < 4.78 is 5.05. The van der Waals surface area contributed by atoms with Crippen LogP contribution in [0.3, 0.4) is 0 Å². The number of hydrogen-bond acceptors (Lipinski definition) is 5. The maximum atomic E-state index is 9.50. The van der Waals surface area contributed by atoms with E-state index in [4.69, 9.17) is 4.74 Å². The zero-order chi connectivity index (χ0) is 14.5. The minimum Gasteiger partial charge on any atom is -0.504 e. The maximum Gasteiger partial charge on any atom is 0.160 e. The SMILES string of the molecule is COc1cc(CCNc2ccc(O)c(O)c2)ccc1O. The smallest absolute Gasteiger partial charge is 0.160 e. The summed E-state index contributed by atoms with van der Waals surface area (Å²) in [6.45, 7) is 0.651. The average molecular weight is 275 g/mol. The molecule has 0 amide bonds.